The van der Waals surface area contributed by atoms with E-state index < -0.39 is 5.97 Å². The Kier molecular flexibility index (Phi) is 3.43. The van der Waals surface area contributed by atoms with Crippen LogP contribution in [0.25, 0.3) is 5.69 Å². The Morgan fingerprint density at radius 1 is 1.47 bits per heavy atom. The number of thioether (sulfide) groups is 1. The number of carboxylic acids is 1. The Balaban J connectivity index is 2.31. The number of carboxylic acid groups (broad SMARTS) is 1. The molecule has 0 radical (unpaired) electrons. The summed E-state index contributed by atoms with van der Waals surface area (Å²) in [6, 6.07) is 6.27. The van der Waals surface area contributed by atoms with E-state index in [1.165, 1.54) is 16.8 Å². The predicted octanol–water partition coefficient (Wildman–Crippen LogP) is 2.19. The highest BCUT2D eigenvalue weighted by atomic mass is 32.2. The van der Waals surface area contributed by atoms with Gasteiger partial charge >= 0.3 is 5.97 Å². The molecule has 1 N–H and O–H groups in total. The van der Waals surface area contributed by atoms with Gasteiger partial charge in [0.15, 0.2) is 5.16 Å². The lowest BCUT2D eigenvalue weighted by Gasteiger charge is -2.07. The van der Waals surface area contributed by atoms with Crippen molar-refractivity contribution < 1.29 is 14.3 Å². The number of rotatable bonds is 4. The van der Waals surface area contributed by atoms with Crippen LogP contribution in [-0.4, -0.2) is 26.4 Å². The molecule has 4 nitrogen and oxygen atoms in total. The SMILES string of the molecule is O=C(O)CSc1nccn1-c1ccccc1F. The van der Waals surface area contributed by atoms with Gasteiger partial charge in [-0.2, -0.15) is 0 Å². The highest BCUT2D eigenvalue weighted by Gasteiger charge is 2.10. The van der Waals surface area contributed by atoms with Crippen molar-refractivity contribution in [1.82, 2.24) is 9.55 Å². The molecule has 1 aromatic carbocycles. The van der Waals surface area contributed by atoms with Gasteiger partial charge in [0, 0.05) is 12.4 Å². The summed E-state index contributed by atoms with van der Waals surface area (Å²) < 4.78 is 15.1. The van der Waals surface area contributed by atoms with Gasteiger partial charge in [-0.05, 0) is 12.1 Å². The number of halogens is 1. The molecule has 0 aliphatic carbocycles. The predicted molar refractivity (Wildman–Crippen MR) is 61.9 cm³/mol. The first kappa shape index (κ1) is 11.7. The Hall–Kier alpha value is -1.82. The smallest absolute Gasteiger partial charge is 0.313 e. The summed E-state index contributed by atoms with van der Waals surface area (Å²) in [5.41, 5.74) is 0.359. The van der Waals surface area contributed by atoms with Crippen molar-refractivity contribution >= 4 is 17.7 Å². The molecule has 88 valence electrons. The first-order valence-corrected chi connectivity index (χ1v) is 5.80. The van der Waals surface area contributed by atoms with Gasteiger partial charge in [0.25, 0.3) is 0 Å². The molecule has 17 heavy (non-hydrogen) atoms. The second-order valence-electron chi connectivity index (χ2n) is 3.21. The van der Waals surface area contributed by atoms with Crippen LogP contribution in [0.5, 0.6) is 0 Å². The van der Waals surface area contributed by atoms with Crippen LogP contribution in [0.2, 0.25) is 0 Å². The summed E-state index contributed by atoms with van der Waals surface area (Å²) in [7, 11) is 0. The third kappa shape index (κ3) is 2.65. The standard InChI is InChI=1S/C11H9FN2O2S/c12-8-3-1-2-4-9(8)14-6-5-13-11(14)17-7-10(15)16/h1-6H,7H2,(H,15,16). The molecule has 0 aliphatic rings. The van der Waals surface area contributed by atoms with E-state index in [9.17, 15) is 9.18 Å². The topological polar surface area (TPSA) is 55.1 Å². The summed E-state index contributed by atoms with van der Waals surface area (Å²) in [6.45, 7) is 0. The third-order valence-electron chi connectivity index (χ3n) is 2.04. The van der Waals surface area contributed by atoms with E-state index in [4.69, 9.17) is 5.11 Å². The van der Waals surface area contributed by atoms with Crippen molar-refractivity contribution in [3.63, 3.8) is 0 Å². The average Bonchev–Trinajstić information content (AvgIpc) is 2.75. The molecule has 0 unspecified atom stereocenters. The maximum absolute atomic E-state index is 13.6. The number of aliphatic carboxylic acids is 1. The van der Waals surface area contributed by atoms with E-state index in [2.05, 4.69) is 4.98 Å². The number of para-hydroxylation sites is 1. The fourth-order valence-electron chi connectivity index (χ4n) is 1.35. The van der Waals surface area contributed by atoms with Gasteiger partial charge in [-0.15, -0.1) is 0 Å². The fourth-order valence-corrected chi connectivity index (χ4v) is 2.04. The van der Waals surface area contributed by atoms with E-state index in [1.54, 1.807) is 24.4 Å². The molecule has 0 aliphatic heterocycles. The summed E-state index contributed by atoms with van der Waals surface area (Å²) in [5, 5.41) is 9.05. The quantitative estimate of drug-likeness (QED) is 0.847. The molecule has 2 aromatic rings. The minimum atomic E-state index is -0.932. The van der Waals surface area contributed by atoms with E-state index in [0.717, 1.165) is 11.8 Å². The van der Waals surface area contributed by atoms with Crippen LogP contribution in [-0.2, 0) is 4.79 Å². The molecule has 0 fully saturated rings. The number of hydrogen-bond donors (Lipinski definition) is 1. The van der Waals surface area contributed by atoms with Gasteiger partial charge in [0.05, 0.1) is 11.4 Å². The van der Waals surface area contributed by atoms with E-state index >= 15 is 0 Å². The zero-order chi connectivity index (χ0) is 12.3. The number of carbonyl (C=O) groups is 1. The zero-order valence-corrected chi connectivity index (χ0v) is 9.52. The zero-order valence-electron chi connectivity index (χ0n) is 8.71. The second kappa shape index (κ2) is 5.01. The first-order chi connectivity index (χ1) is 8.18. The van der Waals surface area contributed by atoms with Crippen molar-refractivity contribution in [3.8, 4) is 5.69 Å². The lowest BCUT2D eigenvalue weighted by molar-refractivity contribution is -0.133. The summed E-state index contributed by atoms with van der Waals surface area (Å²) in [4.78, 5) is 14.5. The number of hydrogen-bond acceptors (Lipinski definition) is 3. The van der Waals surface area contributed by atoms with E-state index in [1.807, 2.05) is 0 Å². The maximum atomic E-state index is 13.6. The Labute approximate surface area is 101 Å². The van der Waals surface area contributed by atoms with Crippen molar-refractivity contribution in [2.24, 2.45) is 0 Å². The molecule has 0 spiro atoms. The molecule has 0 atom stereocenters. The third-order valence-corrected chi connectivity index (χ3v) is 3.00. The fraction of sp³-hybridized carbons (Fsp3) is 0.0909. The number of aromatic nitrogens is 2. The molecule has 1 aromatic heterocycles. The molecule has 0 amide bonds. The van der Waals surface area contributed by atoms with E-state index in [0.29, 0.717) is 10.8 Å². The number of nitrogens with zero attached hydrogens (tertiary/aromatic N) is 2. The molecule has 2 rings (SSSR count). The Bertz CT molecular complexity index is 542. The lowest BCUT2D eigenvalue weighted by atomic mass is 10.3. The molecule has 0 saturated heterocycles. The van der Waals surface area contributed by atoms with Crippen LogP contribution < -0.4 is 0 Å². The van der Waals surface area contributed by atoms with Gasteiger partial charge in [-0.25, -0.2) is 9.37 Å². The summed E-state index contributed by atoms with van der Waals surface area (Å²) in [6.07, 6.45) is 3.11. The van der Waals surface area contributed by atoms with Gasteiger partial charge in [0.1, 0.15) is 5.82 Å². The summed E-state index contributed by atoms with van der Waals surface area (Å²) >= 11 is 1.05. The first-order valence-electron chi connectivity index (χ1n) is 4.81. The lowest BCUT2D eigenvalue weighted by Crippen LogP contribution is -2.02. The van der Waals surface area contributed by atoms with Gasteiger partial charge < -0.3 is 5.11 Å². The highest BCUT2D eigenvalue weighted by Crippen LogP contribution is 2.21. The molecular formula is C11H9FN2O2S. The van der Waals surface area contributed by atoms with Crippen LogP contribution in [0.4, 0.5) is 4.39 Å². The molecule has 6 heteroatoms. The van der Waals surface area contributed by atoms with Crippen molar-refractivity contribution in [1.29, 1.82) is 0 Å². The second-order valence-corrected chi connectivity index (χ2v) is 4.16. The van der Waals surface area contributed by atoms with Gasteiger partial charge in [-0.3, -0.25) is 9.36 Å². The highest BCUT2D eigenvalue weighted by molar-refractivity contribution is 7.99. The van der Waals surface area contributed by atoms with E-state index in [-0.39, 0.29) is 11.6 Å². The maximum Gasteiger partial charge on any atom is 0.313 e. The molecule has 1 heterocycles. The largest absolute Gasteiger partial charge is 0.481 e. The molecule has 0 saturated carbocycles. The number of benzene rings is 1. The number of imidazole rings is 1. The van der Waals surface area contributed by atoms with Crippen LogP contribution in [0, 0.1) is 5.82 Å². The van der Waals surface area contributed by atoms with Crippen LogP contribution in [0.3, 0.4) is 0 Å². The van der Waals surface area contributed by atoms with Crippen LogP contribution >= 0.6 is 11.8 Å². The minimum absolute atomic E-state index is 0.106. The van der Waals surface area contributed by atoms with Gasteiger partial charge in [-0.1, -0.05) is 23.9 Å². The van der Waals surface area contributed by atoms with Gasteiger partial charge in [0.2, 0.25) is 0 Å². The average molecular weight is 252 g/mol. The minimum Gasteiger partial charge on any atom is -0.481 e. The molecule has 0 bridgehead atoms. The van der Waals surface area contributed by atoms with Crippen LogP contribution in [0.1, 0.15) is 0 Å². The monoisotopic (exact) mass is 252 g/mol. The normalized spacial score (nSPS) is 10.4. The summed E-state index contributed by atoms with van der Waals surface area (Å²) in [5.74, 6) is -1.41. The van der Waals surface area contributed by atoms with Crippen LogP contribution in [0.15, 0.2) is 41.8 Å². The Morgan fingerprint density at radius 3 is 2.94 bits per heavy atom. The van der Waals surface area contributed by atoms with Crippen molar-refractivity contribution in [2.75, 3.05) is 5.75 Å². The molecular weight excluding hydrogens is 243 g/mol. The van der Waals surface area contributed by atoms with Crippen molar-refractivity contribution in [2.45, 2.75) is 5.16 Å². The Morgan fingerprint density at radius 2 is 2.24 bits per heavy atom. The van der Waals surface area contributed by atoms with Crippen molar-refractivity contribution in [3.05, 3.63) is 42.5 Å².